The predicted molar refractivity (Wildman–Crippen MR) is 70.1 cm³/mol. The minimum absolute atomic E-state index is 0.0847. The molecule has 0 saturated carbocycles. The van der Waals surface area contributed by atoms with Crippen LogP contribution in [0.2, 0.25) is 0 Å². The van der Waals surface area contributed by atoms with Crippen LogP contribution in [-0.2, 0) is 11.3 Å². The lowest BCUT2D eigenvalue weighted by molar-refractivity contribution is -0.114. The fourth-order valence-electron chi connectivity index (χ4n) is 1.51. The molecular weight excluding hydrogens is 228 g/mol. The average molecular weight is 242 g/mol. The molecule has 1 amide bonds. The summed E-state index contributed by atoms with van der Waals surface area (Å²) in [5.74, 6) is 0.640. The van der Waals surface area contributed by atoms with E-state index >= 15 is 0 Å². The van der Waals surface area contributed by atoms with Crippen LogP contribution in [-0.4, -0.2) is 15.9 Å². The van der Waals surface area contributed by atoms with Gasteiger partial charge in [-0.15, -0.1) is 0 Å². The van der Waals surface area contributed by atoms with Crippen LogP contribution in [0.5, 0.6) is 0 Å². The van der Waals surface area contributed by atoms with Crippen LogP contribution in [0.4, 0.5) is 11.4 Å². The highest BCUT2D eigenvalue weighted by atomic mass is 16.1. The van der Waals surface area contributed by atoms with Gasteiger partial charge in [-0.2, -0.15) is 0 Å². The van der Waals surface area contributed by atoms with Gasteiger partial charge >= 0.3 is 0 Å². The highest BCUT2D eigenvalue weighted by Gasteiger charge is 1.98. The number of rotatable bonds is 4. The molecule has 5 heteroatoms. The van der Waals surface area contributed by atoms with Crippen LogP contribution in [0.15, 0.2) is 42.7 Å². The third kappa shape index (κ3) is 3.55. The van der Waals surface area contributed by atoms with Crippen molar-refractivity contribution in [3.05, 3.63) is 48.5 Å². The van der Waals surface area contributed by atoms with Gasteiger partial charge in [0.2, 0.25) is 5.91 Å². The standard InChI is InChI=1S/C13H14N4O/c1-10(18)17-12-5-2-4-11(8-12)16-9-13-14-6-3-7-15-13/h2-8,16H,9H2,1H3,(H,17,18). The molecule has 0 aliphatic carbocycles. The van der Waals surface area contributed by atoms with Crippen LogP contribution < -0.4 is 10.6 Å². The summed E-state index contributed by atoms with van der Waals surface area (Å²) in [5.41, 5.74) is 1.68. The molecule has 0 radical (unpaired) electrons. The molecule has 1 aromatic heterocycles. The van der Waals surface area contributed by atoms with Gasteiger partial charge < -0.3 is 10.6 Å². The second-order valence-electron chi connectivity index (χ2n) is 3.78. The molecule has 18 heavy (non-hydrogen) atoms. The fraction of sp³-hybridized carbons (Fsp3) is 0.154. The Balaban J connectivity index is 1.99. The highest BCUT2D eigenvalue weighted by molar-refractivity contribution is 5.89. The molecule has 0 spiro atoms. The van der Waals surface area contributed by atoms with Crippen molar-refractivity contribution in [3.8, 4) is 0 Å². The number of benzene rings is 1. The second-order valence-corrected chi connectivity index (χ2v) is 3.78. The number of aromatic nitrogens is 2. The zero-order valence-electron chi connectivity index (χ0n) is 10.1. The van der Waals surface area contributed by atoms with Gasteiger partial charge in [0, 0.05) is 30.7 Å². The van der Waals surface area contributed by atoms with E-state index in [-0.39, 0.29) is 5.91 Å². The summed E-state index contributed by atoms with van der Waals surface area (Å²) < 4.78 is 0. The molecule has 5 nitrogen and oxygen atoms in total. The van der Waals surface area contributed by atoms with E-state index < -0.39 is 0 Å². The number of anilines is 2. The molecule has 0 fully saturated rings. The van der Waals surface area contributed by atoms with Crippen molar-refractivity contribution >= 4 is 17.3 Å². The first-order valence-electron chi connectivity index (χ1n) is 5.61. The van der Waals surface area contributed by atoms with E-state index in [0.29, 0.717) is 6.54 Å². The number of amides is 1. The summed E-state index contributed by atoms with van der Waals surface area (Å²) >= 11 is 0. The van der Waals surface area contributed by atoms with Crippen molar-refractivity contribution in [1.82, 2.24) is 9.97 Å². The first-order valence-corrected chi connectivity index (χ1v) is 5.61. The van der Waals surface area contributed by atoms with E-state index in [2.05, 4.69) is 20.6 Å². The average Bonchev–Trinajstić information content (AvgIpc) is 2.37. The third-order valence-corrected chi connectivity index (χ3v) is 2.25. The summed E-state index contributed by atoms with van der Waals surface area (Å²) in [6, 6.07) is 9.28. The molecule has 2 rings (SSSR count). The Morgan fingerprint density at radius 3 is 2.61 bits per heavy atom. The minimum atomic E-state index is -0.0847. The van der Waals surface area contributed by atoms with Gasteiger partial charge in [0.05, 0.1) is 6.54 Å². The lowest BCUT2D eigenvalue weighted by Gasteiger charge is -2.07. The monoisotopic (exact) mass is 242 g/mol. The first-order chi connectivity index (χ1) is 8.74. The van der Waals surface area contributed by atoms with Gasteiger partial charge in [0.25, 0.3) is 0 Å². The van der Waals surface area contributed by atoms with Crippen molar-refractivity contribution in [3.63, 3.8) is 0 Å². The van der Waals surface area contributed by atoms with Crippen molar-refractivity contribution in [2.45, 2.75) is 13.5 Å². The van der Waals surface area contributed by atoms with Crippen molar-refractivity contribution in [1.29, 1.82) is 0 Å². The van der Waals surface area contributed by atoms with Gasteiger partial charge in [-0.25, -0.2) is 9.97 Å². The van der Waals surface area contributed by atoms with E-state index in [4.69, 9.17) is 0 Å². The Hall–Kier alpha value is -2.43. The highest BCUT2D eigenvalue weighted by Crippen LogP contribution is 2.15. The number of hydrogen-bond donors (Lipinski definition) is 2. The maximum Gasteiger partial charge on any atom is 0.221 e. The minimum Gasteiger partial charge on any atom is -0.378 e. The lowest BCUT2D eigenvalue weighted by Crippen LogP contribution is -2.07. The summed E-state index contributed by atoms with van der Waals surface area (Å²) in [6.45, 7) is 2.03. The summed E-state index contributed by atoms with van der Waals surface area (Å²) in [5, 5.41) is 5.93. The van der Waals surface area contributed by atoms with Gasteiger partial charge in [0.1, 0.15) is 5.82 Å². The first kappa shape index (κ1) is 12.0. The largest absolute Gasteiger partial charge is 0.378 e. The van der Waals surface area contributed by atoms with Gasteiger partial charge in [0.15, 0.2) is 0 Å². The number of nitrogens with zero attached hydrogens (tertiary/aromatic N) is 2. The summed E-state index contributed by atoms with van der Waals surface area (Å²) in [7, 11) is 0. The maximum absolute atomic E-state index is 11.0. The van der Waals surface area contributed by atoms with Crippen LogP contribution in [0, 0.1) is 0 Å². The molecule has 0 aliphatic heterocycles. The molecule has 1 heterocycles. The Kier molecular flexibility index (Phi) is 3.86. The Morgan fingerprint density at radius 1 is 1.17 bits per heavy atom. The van der Waals surface area contributed by atoms with Crippen molar-refractivity contribution in [2.24, 2.45) is 0 Å². The Bertz CT molecular complexity index is 528. The van der Waals surface area contributed by atoms with Gasteiger partial charge in [-0.1, -0.05) is 6.07 Å². The molecule has 92 valence electrons. The van der Waals surface area contributed by atoms with E-state index in [1.54, 1.807) is 18.5 Å². The molecule has 0 atom stereocenters. The van der Waals surface area contributed by atoms with E-state index in [9.17, 15) is 4.79 Å². The molecule has 0 aliphatic rings. The van der Waals surface area contributed by atoms with Crippen molar-refractivity contribution in [2.75, 3.05) is 10.6 Å². The van der Waals surface area contributed by atoms with Crippen LogP contribution >= 0.6 is 0 Å². The smallest absolute Gasteiger partial charge is 0.221 e. The van der Waals surface area contributed by atoms with E-state index in [1.807, 2.05) is 24.3 Å². The topological polar surface area (TPSA) is 66.9 Å². The molecule has 0 bridgehead atoms. The molecule has 0 unspecified atom stereocenters. The Morgan fingerprint density at radius 2 is 1.89 bits per heavy atom. The third-order valence-electron chi connectivity index (χ3n) is 2.25. The number of carbonyl (C=O) groups is 1. The van der Waals surface area contributed by atoms with E-state index in [1.165, 1.54) is 6.92 Å². The normalized spacial score (nSPS) is 9.83. The van der Waals surface area contributed by atoms with Gasteiger partial charge in [-0.05, 0) is 24.3 Å². The van der Waals surface area contributed by atoms with Crippen molar-refractivity contribution < 1.29 is 4.79 Å². The fourth-order valence-corrected chi connectivity index (χ4v) is 1.51. The SMILES string of the molecule is CC(=O)Nc1cccc(NCc2ncccn2)c1. The van der Waals surface area contributed by atoms with Crippen LogP contribution in [0.25, 0.3) is 0 Å². The molecule has 2 N–H and O–H groups in total. The molecule has 1 aromatic carbocycles. The molecule has 0 saturated heterocycles. The zero-order chi connectivity index (χ0) is 12.8. The number of carbonyl (C=O) groups excluding carboxylic acids is 1. The molecule has 2 aromatic rings. The van der Waals surface area contributed by atoms with Crippen LogP contribution in [0.3, 0.4) is 0 Å². The summed E-state index contributed by atoms with van der Waals surface area (Å²) in [6.07, 6.45) is 3.41. The maximum atomic E-state index is 11.0. The quantitative estimate of drug-likeness (QED) is 0.861. The zero-order valence-corrected chi connectivity index (χ0v) is 10.1. The summed E-state index contributed by atoms with van der Waals surface area (Å²) in [4.78, 5) is 19.2. The molecular formula is C13H14N4O. The second kappa shape index (κ2) is 5.77. The number of nitrogens with one attached hydrogen (secondary N) is 2. The predicted octanol–water partition coefficient (Wildman–Crippen LogP) is 2.05. The number of hydrogen-bond acceptors (Lipinski definition) is 4. The van der Waals surface area contributed by atoms with Crippen LogP contribution in [0.1, 0.15) is 12.7 Å². The lowest BCUT2D eigenvalue weighted by atomic mass is 10.2. The van der Waals surface area contributed by atoms with E-state index in [0.717, 1.165) is 17.2 Å². The Labute approximate surface area is 105 Å². The van der Waals surface area contributed by atoms with Gasteiger partial charge in [-0.3, -0.25) is 4.79 Å².